The van der Waals surface area contributed by atoms with E-state index in [4.69, 9.17) is 0 Å². The van der Waals surface area contributed by atoms with Gasteiger partial charge >= 0.3 is 0 Å². The van der Waals surface area contributed by atoms with Gasteiger partial charge in [0, 0.05) is 5.56 Å². The summed E-state index contributed by atoms with van der Waals surface area (Å²) in [6.45, 7) is 4.07. The lowest BCUT2D eigenvalue weighted by Gasteiger charge is -1.99. The SMILES string of the molecule is Cc1cc(C=O)c2c(C)ccccc1-2. The number of hydrogen-bond acceptors (Lipinski definition) is 1. The van der Waals surface area contributed by atoms with Crippen LogP contribution in [0.2, 0.25) is 0 Å². The molecular weight excluding hydrogens is 172 g/mol. The van der Waals surface area contributed by atoms with Crippen LogP contribution >= 0.6 is 0 Å². The van der Waals surface area contributed by atoms with E-state index in [2.05, 4.69) is 6.07 Å². The molecule has 2 aliphatic rings. The van der Waals surface area contributed by atoms with E-state index in [1.807, 2.05) is 38.1 Å². The highest BCUT2D eigenvalue weighted by molar-refractivity contribution is 5.92. The molecule has 0 atom stereocenters. The van der Waals surface area contributed by atoms with E-state index in [9.17, 15) is 4.79 Å². The topological polar surface area (TPSA) is 17.1 Å². The van der Waals surface area contributed by atoms with Gasteiger partial charge in [0.15, 0.2) is 6.29 Å². The smallest absolute Gasteiger partial charge is 0.150 e. The Balaban J connectivity index is 2.86. The van der Waals surface area contributed by atoms with Crippen LogP contribution in [0.4, 0.5) is 0 Å². The van der Waals surface area contributed by atoms with Gasteiger partial charge < -0.3 is 0 Å². The molecule has 0 bridgehead atoms. The van der Waals surface area contributed by atoms with Crippen molar-refractivity contribution < 1.29 is 4.79 Å². The van der Waals surface area contributed by atoms with Crippen molar-refractivity contribution in [3.8, 4) is 11.1 Å². The third kappa shape index (κ3) is 1.22. The summed E-state index contributed by atoms with van der Waals surface area (Å²) in [5, 5.41) is 0. The van der Waals surface area contributed by atoms with E-state index in [0.29, 0.717) is 0 Å². The molecule has 0 radical (unpaired) electrons. The minimum absolute atomic E-state index is 0.797. The third-order valence-electron chi connectivity index (χ3n) is 2.60. The summed E-state index contributed by atoms with van der Waals surface area (Å²) in [4.78, 5) is 10.9. The maximum atomic E-state index is 10.9. The van der Waals surface area contributed by atoms with Crippen LogP contribution in [0.15, 0.2) is 30.3 Å². The summed E-state index contributed by atoms with van der Waals surface area (Å²) in [6.07, 6.45) is 0.933. The number of carbonyl (C=O) groups excluding carboxylic acids is 1. The second kappa shape index (κ2) is 3.26. The molecule has 2 aliphatic carbocycles. The quantitative estimate of drug-likeness (QED) is 0.622. The van der Waals surface area contributed by atoms with Crippen LogP contribution in [-0.2, 0) is 0 Å². The van der Waals surface area contributed by atoms with E-state index < -0.39 is 0 Å². The molecule has 0 amide bonds. The van der Waals surface area contributed by atoms with Crippen LogP contribution in [0.1, 0.15) is 21.5 Å². The first-order valence-corrected chi connectivity index (χ1v) is 4.68. The standard InChI is InChI=1S/C13H12O/c1-9-5-3-4-6-12-10(2)7-11(8-14)13(9)12/h3-8H,1-2H3. The van der Waals surface area contributed by atoms with E-state index in [1.165, 1.54) is 11.1 Å². The van der Waals surface area contributed by atoms with Crippen LogP contribution in [-0.4, -0.2) is 6.29 Å². The first-order chi connectivity index (χ1) is 6.74. The number of hydrogen-bond donors (Lipinski definition) is 0. The first-order valence-electron chi connectivity index (χ1n) is 4.68. The Hall–Kier alpha value is -1.63. The van der Waals surface area contributed by atoms with Gasteiger partial charge in [0.05, 0.1) is 0 Å². The Morgan fingerprint density at radius 2 is 1.79 bits per heavy atom. The molecular formula is C13H12O. The van der Waals surface area contributed by atoms with Crippen LogP contribution in [0.5, 0.6) is 0 Å². The molecule has 0 N–H and O–H groups in total. The van der Waals surface area contributed by atoms with Crippen molar-refractivity contribution in [1.82, 2.24) is 0 Å². The predicted octanol–water partition coefficient (Wildman–Crippen LogP) is 3.22. The van der Waals surface area contributed by atoms with Crippen LogP contribution < -0.4 is 0 Å². The van der Waals surface area contributed by atoms with Crippen LogP contribution in [0, 0.1) is 13.8 Å². The Bertz CT molecular complexity index is 457. The minimum Gasteiger partial charge on any atom is -0.298 e. The highest BCUT2D eigenvalue weighted by atomic mass is 16.1. The molecule has 0 heterocycles. The van der Waals surface area contributed by atoms with Crippen molar-refractivity contribution in [2.45, 2.75) is 13.8 Å². The molecule has 0 aliphatic heterocycles. The molecule has 2 rings (SSSR count). The van der Waals surface area contributed by atoms with Gasteiger partial charge in [-0.05, 0) is 42.2 Å². The van der Waals surface area contributed by atoms with E-state index in [0.717, 1.165) is 23.0 Å². The van der Waals surface area contributed by atoms with Gasteiger partial charge in [0.1, 0.15) is 0 Å². The van der Waals surface area contributed by atoms with E-state index in [-0.39, 0.29) is 0 Å². The maximum absolute atomic E-state index is 10.9. The van der Waals surface area contributed by atoms with Crippen molar-refractivity contribution in [3.05, 3.63) is 47.0 Å². The Kier molecular flexibility index (Phi) is 2.08. The molecule has 0 fully saturated rings. The lowest BCUT2D eigenvalue weighted by molar-refractivity contribution is 0.112. The molecule has 0 aromatic rings. The maximum Gasteiger partial charge on any atom is 0.150 e. The van der Waals surface area contributed by atoms with Gasteiger partial charge in [0.25, 0.3) is 0 Å². The minimum atomic E-state index is 0.797. The summed E-state index contributed by atoms with van der Waals surface area (Å²) >= 11 is 0. The summed E-state index contributed by atoms with van der Waals surface area (Å²) in [6, 6.07) is 10.1. The Labute approximate surface area is 83.7 Å². The second-order valence-electron chi connectivity index (χ2n) is 3.59. The fraction of sp³-hybridized carbons (Fsp3) is 0.154. The highest BCUT2D eigenvalue weighted by Gasteiger charge is 2.13. The fourth-order valence-electron chi connectivity index (χ4n) is 1.92. The lowest BCUT2D eigenvalue weighted by Crippen LogP contribution is -1.81. The zero-order valence-corrected chi connectivity index (χ0v) is 8.37. The molecule has 0 spiro atoms. The van der Waals surface area contributed by atoms with Gasteiger partial charge in [-0.3, -0.25) is 4.79 Å². The molecule has 70 valence electrons. The predicted molar refractivity (Wildman–Crippen MR) is 57.9 cm³/mol. The Morgan fingerprint density at radius 1 is 1.07 bits per heavy atom. The van der Waals surface area contributed by atoms with Gasteiger partial charge in [-0.15, -0.1) is 0 Å². The number of aryl methyl sites for hydroxylation is 2. The van der Waals surface area contributed by atoms with Gasteiger partial charge in [-0.1, -0.05) is 24.3 Å². The van der Waals surface area contributed by atoms with Crippen molar-refractivity contribution in [2.75, 3.05) is 0 Å². The zero-order valence-electron chi connectivity index (χ0n) is 8.37. The summed E-state index contributed by atoms with van der Waals surface area (Å²) < 4.78 is 0. The molecule has 0 unspecified atom stereocenters. The molecule has 1 nitrogen and oxygen atoms in total. The molecule has 0 saturated carbocycles. The molecule has 0 aromatic heterocycles. The number of carbonyl (C=O) groups is 1. The highest BCUT2D eigenvalue weighted by Crippen LogP contribution is 2.32. The van der Waals surface area contributed by atoms with Gasteiger partial charge in [0.2, 0.25) is 0 Å². The average Bonchev–Trinajstić information content (AvgIpc) is 2.36. The largest absolute Gasteiger partial charge is 0.298 e. The number of fused-ring (bicyclic) bond motifs is 1. The average molecular weight is 184 g/mol. The van der Waals surface area contributed by atoms with Crippen molar-refractivity contribution in [1.29, 1.82) is 0 Å². The van der Waals surface area contributed by atoms with E-state index in [1.54, 1.807) is 0 Å². The molecule has 0 aromatic carbocycles. The second-order valence-corrected chi connectivity index (χ2v) is 3.59. The monoisotopic (exact) mass is 184 g/mol. The summed E-state index contributed by atoms with van der Waals surface area (Å²) in [5.41, 5.74) is 5.38. The number of aldehydes is 1. The first kappa shape index (κ1) is 8.95. The third-order valence-corrected chi connectivity index (χ3v) is 2.60. The molecule has 0 saturated heterocycles. The Morgan fingerprint density at radius 3 is 2.50 bits per heavy atom. The van der Waals surface area contributed by atoms with Crippen LogP contribution in [0.3, 0.4) is 0 Å². The zero-order chi connectivity index (χ0) is 10.1. The van der Waals surface area contributed by atoms with Crippen molar-refractivity contribution >= 4 is 6.29 Å². The van der Waals surface area contributed by atoms with Crippen molar-refractivity contribution in [3.63, 3.8) is 0 Å². The van der Waals surface area contributed by atoms with Gasteiger partial charge in [-0.25, -0.2) is 0 Å². The molecule has 14 heavy (non-hydrogen) atoms. The molecule has 1 heteroatoms. The lowest BCUT2D eigenvalue weighted by atomic mass is 10.0. The van der Waals surface area contributed by atoms with Crippen LogP contribution in [0.25, 0.3) is 11.1 Å². The normalized spacial score (nSPS) is 10.4. The van der Waals surface area contributed by atoms with Gasteiger partial charge in [-0.2, -0.15) is 0 Å². The summed E-state index contributed by atoms with van der Waals surface area (Å²) in [7, 11) is 0. The number of rotatable bonds is 1. The van der Waals surface area contributed by atoms with E-state index >= 15 is 0 Å². The van der Waals surface area contributed by atoms with Crippen molar-refractivity contribution in [2.24, 2.45) is 0 Å². The summed E-state index contributed by atoms with van der Waals surface area (Å²) in [5.74, 6) is 0. The fourth-order valence-corrected chi connectivity index (χ4v) is 1.92.